The summed E-state index contributed by atoms with van der Waals surface area (Å²) in [6, 6.07) is 10.4. The lowest BCUT2D eigenvalue weighted by molar-refractivity contribution is 0.0636. The lowest BCUT2D eigenvalue weighted by atomic mass is 10.0. The summed E-state index contributed by atoms with van der Waals surface area (Å²) in [7, 11) is 0. The summed E-state index contributed by atoms with van der Waals surface area (Å²) in [6.45, 7) is 8.39. The molecular weight excluding hydrogens is 366 g/mol. The van der Waals surface area contributed by atoms with Gasteiger partial charge in [0.2, 0.25) is 0 Å². The number of carbonyl (C=O) groups excluding carboxylic acids is 3. The minimum absolute atomic E-state index is 0.187. The van der Waals surface area contributed by atoms with Crippen LogP contribution >= 0.6 is 0 Å². The molecule has 0 atom stereocenters. The molecule has 152 valence electrons. The van der Waals surface area contributed by atoms with Crippen LogP contribution in [-0.2, 0) is 12.8 Å². The zero-order chi connectivity index (χ0) is 21.1. The van der Waals surface area contributed by atoms with Crippen molar-refractivity contribution in [3.8, 4) is 0 Å². The first kappa shape index (κ1) is 20.6. The molecule has 0 saturated carbocycles. The zero-order valence-electron chi connectivity index (χ0n) is 17.3. The molecule has 2 aromatic carbocycles. The Bertz CT molecular complexity index is 944. The minimum atomic E-state index is -0.378. The molecule has 29 heavy (non-hydrogen) atoms. The Morgan fingerprint density at radius 2 is 1.55 bits per heavy atom. The highest BCUT2D eigenvalue weighted by Gasteiger charge is 2.35. The second-order valence-electron chi connectivity index (χ2n) is 7.61. The Labute approximate surface area is 171 Å². The van der Waals surface area contributed by atoms with Crippen LogP contribution < -0.4 is 10.6 Å². The number of hydrogen-bond acceptors (Lipinski definition) is 3. The van der Waals surface area contributed by atoms with Gasteiger partial charge in [0.05, 0.1) is 11.1 Å². The predicted octanol–water partition coefficient (Wildman–Crippen LogP) is 4.71. The first-order chi connectivity index (χ1) is 13.8. The quantitative estimate of drug-likeness (QED) is 0.698. The molecular formula is C23H27N3O3. The number of benzene rings is 2. The van der Waals surface area contributed by atoms with E-state index in [1.807, 2.05) is 45.9 Å². The number of nitrogens with zero attached hydrogens (tertiary/aromatic N) is 1. The predicted molar refractivity (Wildman–Crippen MR) is 114 cm³/mol. The van der Waals surface area contributed by atoms with Gasteiger partial charge in [-0.15, -0.1) is 0 Å². The molecule has 0 spiro atoms. The smallest absolute Gasteiger partial charge is 0.308 e. The van der Waals surface area contributed by atoms with Crippen LogP contribution in [0.5, 0.6) is 0 Å². The van der Waals surface area contributed by atoms with E-state index < -0.39 is 0 Å². The van der Waals surface area contributed by atoms with Crippen molar-refractivity contribution in [1.82, 2.24) is 4.90 Å². The van der Waals surface area contributed by atoms with Crippen molar-refractivity contribution >= 4 is 29.2 Å². The second-order valence-corrected chi connectivity index (χ2v) is 7.61. The van der Waals surface area contributed by atoms with Crippen LogP contribution in [-0.4, -0.2) is 29.3 Å². The molecule has 0 aromatic heterocycles. The van der Waals surface area contributed by atoms with E-state index >= 15 is 0 Å². The van der Waals surface area contributed by atoms with Gasteiger partial charge in [0.15, 0.2) is 0 Å². The van der Waals surface area contributed by atoms with E-state index in [9.17, 15) is 14.4 Å². The van der Waals surface area contributed by atoms with E-state index in [0.29, 0.717) is 23.4 Å². The third-order valence-corrected chi connectivity index (χ3v) is 5.01. The summed E-state index contributed by atoms with van der Waals surface area (Å²) in [4.78, 5) is 38.9. The molecule has 2 aromatic rings. The van der Waals surface area contributed by atoms with Crippen LogP contribution in [0.2, 0.25) is 0 Å². The molecule has 3 rings (SSSR count). The lowest BCUT2D eigenvalue weighted by Gasteiger charge is -2.15. The van der Waals surface area contributed by atoms with E-state index in [2.05, 4.69) is 10.6 Å². The Hall–Kier alpha value is -3.15. The van der Waals surface area contributed by atoms with Crippen molar-refractivity contribution in [2.45, 2.75) is 40.5 Å². The Morgan fingerprint density at radius 3 is 2.14 bits per heavy atom. The van der Waals surface area contributed by atoms with Gasteiger partial charge in [0.25, 0.3) is 11.8 Å². The SMILES string of the molecule is CCc1cccc(CC)c1NC(=O)Nc1ccc2c(c1)C(=O)N(CC(C)C)C2=O. The maximum atomic E-state index is 12.6. The summed E-state index contributed by atoms with van der Waals surface area (Å²) in [5, 5.41) is 5.72. The molecule has 1 heterocycles. The normalized spacial score (nSPS) is 13.1. The van der Waals surface area contributed by atoms with Crippen molar-refractivity contribution in [1.29, 1.82) is 0 Å². The zero-order valence-corrected chi connectivity index (χ0v) is 17.3. The van der Waals surface area contributed by atoms with Gasteiger partial charge in [-0.25, -0.2) is 4.79 Å². The van der Waals surface area contributed by atoms with Gasteiger partial charge in [0, 0.05) is 17.9 Å². The van der Waals surface area contributed by atoms with Gasteiger partial charge in [-0.2, -0.15) is 0 Å². The summed E-state index contributed by atoms with van der Waals surface area (Å²) in [6.07, 6.45) is 1.62. The Balaban J connectivity index is 1.78. The molecule has 6 heteroatoms. The van der Waals surface area contributed by atoms with Crippen molar-refractivity contribution in [2.24, 2.45) is 5.92 Å². The maximum Gasteiger partial charge on any atom is 0.323 e. The van der Waals surface area contributed by atoms with E-state index in [4.69, 9.17) is 0 Å². The number of fused-ring (bicyclic) bond motifs is 1. The summed E-state index contributed by atoms with van der Waals surface area (Å²) >= 11 is 0. The highest BCUT2D eigenvalue weighted by Crippen LogP contribution is 2.27. The number of nitrogens with one attached hydrogen (secondary N) is 2. The van der Waals surface area contributed by atoms with Gasteiger partial charge >= 0.3 is 6.03 Å². The number of hydrogen-bond donors (Lipinski definition) is 2. The van der Waals surface area contributed by atoms with Crippen LogP contribution in [0.4, 0.5) is 16.2 Å². The largest absolute Gasteiger partial charge is 0.323 e. The molecule has 0 unspecified atom stereocenters. The van der Waals surface area contributed by atoms with Gasteiger partial charge in [-0.3, -0.25) is 14.5 Å². The highest BCUT2D eigenvalue weighted by molar-refractivity contribution is 6.22. The van der Waals surface area contributed by atoms with Crippen molar-refractivity contribution in [3.05, 3.63) is 58.7 Å². The first-order valence-corrected chi connectivity index (χ1v) is 10.0. The van der Waals surface area contributed by atoms with Crippen LogP contribution in [0.25, 0.3) is 0 Å². The van der Waals surface area contributed by atoms with Crippen molar-refractivity contribution in [2.75, 3.05) is 17.2 Å². The fourth-order valence-corrected chi connectivity index (χ4v) is 3.58. The molecule has 0 bridgehead atoms. The minimum Gasteiger partial charge on any atom is -0.308 e. The van der Waals surface area contributed by atoms with Crippen LogP contribution in [0.1, 0.15) is 59.5 Å². The van der Waals surface area contributed by atoms with Crippen molar-refractivity contribution < 1.29 is 14.4 Å². The van der Waals surface area contributed by atoms with Crippen LogP contribution in [0.3, 0.4) is 0 Å². The van der Waals surface area contributed by atoms with Crippen LogP contribution in [0.15, 0.2) is 36.4 Å². The number of aryl methyl sites for hydroxylation is 2. The topological polar surface area (TPSA) is 78.5 Å². The molecule has 0 fully saturated rings. The number of amides is 4. The number of para-hydroxylation sites is 1. The molecule has 1 aliphatic rings. The van der Waals surface area contributed by atoms with Gasteiger partial charge in [-0.05, 0) is 48.1 Å². The molecule has 0 radical (unpaired) electrons. The number of imide groups is 1. The van der Waals surface area contributed by atoms with Gasteiger partial charge in [-0.1, -0.05) is 45.9 Å². The molecule has 0 saturated heterocycles. The van der Waals surface area contributed by atoms with Crippen molar-refractivity contribution in [3.63, 3.8) is 0 Å². The molecule has 2 N–H and O–H groups in total. The fraction of sp³-hybridized carbons (Fsp3) is 0.348. The van der Waals surface area contributed by atoms with E-state index in [1.54, 1.807) is 18.2 Å². The number of anilines is 2. The number of carbonyl (C=O) groups is 3. The highest BCUT2D eigenvalue weighted by atomic mass is 16.2. The lowest BCUT2D eigenvalue weighted by Crippen LogP contribution is -2.33. The second kappa shape index (κ2) is 8.47. The average Bonchev–Trinajstić information content (AvgIpc) is 2.92. The third-order valence-electron chi connectivity index (χ3n) is 5.01. The number of urea groups is 1. The van der Waals surface area contributed by atoms with E-state index in [-0.39, 0.29) is 23.8 Å². The molecule has 1 aliphatic heterocycles. The fourth-order valence-electron chi connectivity index (χ4n) is 3.58. The van der Waals surface area contributed by atoms with Gasteiger partial charge < -0.3 is 10.6 Å². The van der Waals surface area contributed by atoms with Crippen LogP contribution in [0, 0.1) is 5.92 Å². The maximum absolute atomic E-state index is 12.6. The Kier molecular flexibility index (Phi) is 6.01. The van der Waals surface area contributed by atoms with E-state index in [1.165, 1.54) is 4.90 Å². The molecule has 0 aliphatic carbocycles. The summed E-state index contributed by atoms with van der Waals surface area (Å²) in [5.74, 6) is -0.404. The molecule has 4 amide bonds. The average molecular weight is 393 g/mol. The summed E-state index contributed by atoms with van der Waals surface area (Å²) in [5.41, 5.74) is 4.14. The summed E-state index contributed by atoms with van der Waals surface area (Å²) < 4.78 is 0. The molecule has 6 nitrogen and oxygen atoms in total. The first-order valence-electron chi connectivity index (χ1n) is 10.0. The number of rotatable bonds is 6. The third kappa shape index (κ3) is 4.16. The standard InChI is InChI=1S/C23H27N3O3/c1-5-15-8-7-9-16(6-2)20(15)25-23(29)24-17-10-11-18-19(12-17)22(28)26(21(18)27)13-14(3)4/h7-12,14H,5-6,13H2,1-4H3,(H2,24,25,29). The van der Waals surface area contributed by atoms with E-state index in [0.717, 1.165) is 29.7 Å². The van der Waals surface area contributed by atoms with Gasteiger partial charge in [0.1, 0.15) is 0 Å². The Morgan fingerprint density at radius 1 is 0.931 bits per heavy atom. The monoisotopic (exact) mass is 393 g/mol.